The molecule has 142 valence electrons. The number of hydrogen-bond donors (Lipinski definition) is 1. The molecule has 0 aliphatic heterocycles. The van der Waals surface area contributed by atoms with Crippen LogP contribution in [0.25, 0.3) is 0 Å². The van der Waals surface area contributed by atoms with Crippen molar-refractivity contribution in [2.75, 3.05) is 27.4 Å². The Morgan fingerprint density at radius 1 is 1.04 bits per heavy atom. The lowest BCUT2D eigenvalue weighted by Crippen LogP contribution is -2.33. The van der Waals surface area contributed by atoms with Crippen molar-refractivity contribution >= 4 is 6.09 Å². The van der Waals surface area contributed by atoms with Gasteiger partial charge in [0.15, 0.2) is 0 Å². The summed E-state index contributed by atoms with van der Waals surface area (Å²) < 4.78 is 28.4. The van der Waals surface area contributed by atoms with Gasteiger partial charge < -0.3 is 19.5 Å². The molecule has 6 heteroatoms. The number of alkyl halides is 1. The summed E-state index contributed by atoms with van der Waals surface area (Å²) in [4.78, 5) is 11.7. The summed E-state index contributed by atoms with van der Waals surface area (Å²) in [5.41, 5.74) is 1.41. The number of amides is 1. The molecule has 1 aromatic carbocycles. The Kier molecular flexibility index (Phi) is 8.52. The van der Waals surface area contributed by atoms with E-state index in [9.17, 15) is 9.18 Å². The minimum atomic E-state index is -0.522. The summed E-state index contributed by atoms with van der Waals surface area (Å²) in [5, 5.41) is 2.73. The van der Waals surface area contributed by atoms with Crippen molar-refractivity contribution in [3.63, 3.8) is 0 Å². The molecule has 5 nitrogen and oxygen atoms in total. The SMILES string of the molecule is COc1cc(CCNC(=O)OC(C)(C)C)c(OC)cc1CCCCF. The van der Waals surface area contributed by atoms with E-state index in [-0.39, 0.29) is 6.67 Å². The van der Waals surface area contributed by atoms with Crippen LogP contribution in [0.15, 0.2) is 12.1 Å². The molecule has 0 aliphatic rings. The highest BCUT2D eigenvalue weighted by atomic mass is 19.1. The molecule has 0 spiro atoms. The molecule has 0 heterocycles. The number of halogens is 1. The van der Waals surface area contributed by atoms with Gasteiger partial charge in [-0.05, 0) is 69.7 Å². The number of alkyl carbamates (subject to hydrolysis) is 1. The molecule has 1 N–H and O–H groups in total. The van der Waals surface area contributed by atoms with Gasteiger partial charge in [-0.25, -0.2) is 4.79 Å². The molecule has 0 atom stereocenters. The zero-order valence-corrected chi connectivity index (χ0v) is 15.9. The normalized spacial score (nSPS) is 11.1. The Bertz CT molecular complexity index is 555. The molecule has 1 amide bonds. The standard InChI is InChI=1S/C19H30FNO4/c1-19(2,3)25-18(22)21-11-9-15-13-16(23-4)14(8-6-7-10-20)12-17(15)24-5/h12-13H,6-11H2,1-5H3,(H,21,22). The van der Waals surface area contributed by atoms with Gasteiger partial charge in [0.2, 0.25) is 0 Å². The van der Waals surface area contributed by atoms with Gasteiger partial charge in [-0.1, -0.05) is 0 Å². The molecule has 0 aliphatic carbocycles. The topological polar surface area (TPSA) is 56.8 Å². The van der Waals surface area contributed by atoms with Gasteiger partial charge in [0.05, 0.1) is 20.9 Å². The van der Waals surface area contributed by atoms with Crippen LogP contribution in [0.5, 0.6) is 11.5 Å². The average molecular weight is 355 g/mol. The van der Waals surface area contributed by atoms with Gasteiger partial charge in [0, 0.05) is 6.54 Å². The molecule has 1 aromatic rings. The first-order valence-corrected chi connectivity index (χ1v) is 8.57. The van der Waals surface area contributed by atoms with Gasteiger partial charge in [0.1, 0.15) is 17.1 Å². The molecule has 0 saturated carbocycles. The third-order valence-electron chi connectivity index (χ3n) is 3.58. The number of aryl methyl sites for hydroxylation is 1. The summed E-state index contributed by atoms with van der Waals surface area (Å²) >= 11 is 0. The Morgan fingerprint density at radius 3 is 2.08 bits per heavy atom. The van der Waals surface area contributed by atoms with Crippen molar-refractivity contribution in [3.05, 3.63) is 23.3 Å². The Hall–Kier alpha value is -1.98. The quantitative estimate of drug-likeness (QED) is 0.679. The number of benzene rings is 1. The third kappa shape index (κ3) is 7.63. The number of unbranched alkanes of at least 4 members (excludes halogenated alkanes) is 1. The monoisotopic (exact) mass is 355 g/mol. The smallest absolute Gasteiger partial charge is 0.407 e. The lowest BCUT2D eigenvalue weighted by molar-refractivity contribution is 0.0528. The van der Waals surface area contributed by atoms with Crippen LogP contribution in [-0.4, -0.2) is 39.1 Å². The molecular weight excluding hydrogens is 325 g/mol. The first-order chi connectivity index (χ1) is 11.8. The fourth-order valence-corrected chi connectivity index (χ4v) is 2.44. The lowest BCUT2D eigenvalue weighted by atomic mass is 10.0. The first kappa shape index (κ1) is 21.1. The molecule has 0 radical (unpaired) electrons. The van der Waals surface area contributed by atoms with Crippen LogP contribution in [0.2, 0.25) is 0 Å². The highest BCUT2D eigenvalue weighted by molar-refractivity contribution is 5.67. The second-order valence-corrected chi connectivity index (χ2v) is 6.80. The number of nitrogens with one attached hydrogen (secondary N) is 1. The zero-order chi connectivity index (χ0) is 18.9. The number of ether oxygens (including phenoxy) is 3. The highest BCUT2D eigenvalue weighted by Crippen LogP contribution is 2.30. The van der Waals surface area contributed by atoms with Crippen molar-refractivity contribution in [1.29, 1.82) is 0 Å². The van der Waals surface area contributed by atoms with E-state index in [0.717, 1.165) is 35.5 Å². The molecule has 0 fully saturated rings. The molecule has 25 heavy (non-hydrogen) atoms. The predicted octanol–water partition coefficient (Wildman–Crippen LogP) is 4.06. The summed E-state index contributed by atoms with van der Waals surface area (Å²) in [6, 6.07) is 3.85. The Balaban J connectivity index is 2.73. The van der Waals surface area contributed by atoms with Gasteiger partial charge in [0.25, 0.3) is 0 Å². The van der Waals surface area contributed by atoms with E-state index in [4.69, 9.17) is 14.2 Å². The maximum Gasteiger partial charge on any atom is 0.407 e. The van der Waals surface area contributed by atoms with Crippen LogP contribution in [0, 0.1) is 0 Å². The second kappa shape index (κ2) is 10.1. The summed E-state index contributed by atoms with van der Waals surface area (Å²) in [7, 11) is 3.22. The van der Waals surface area contributed by atoms with E-state index in [0.29, 0.717) is 19.4 Å². The van der Waals surface area contributed by atoms with E-state index in [1.54, 1.807) is 14.2 Å². The number of carbonyl (C=O) groups is 1. The van der Waals surface area contributed by atoms with E-state index < -0.39 is 11.7 Å². The predicted molar refractivity (Wildman–Crippen MR) is 96.4 cm³/mol. The largest absolute Gasteiger partial charge is 0.496 e. The molecule has 1 rings (SSSR count). The maximum atomic E-state index is 12.3. The minimum absolute atomic E-state index is 0.312. The van der Waals surface area contributed by atoms with E-state index in [1.807, 2.05) is 32.9 Å². The van der Waals surface area contributed by atoms with E-state index in [2.05, 4.69) is 5.32 Å². The molecule has 0 bridgehead atoms. The van der Waals surface area contributed by atoms with Crippen LogP contribution >= 0.6 is 0 Å². The zero-order valence-electron chi connectivity index (χ0n) is 15.9. The number of hydrogen-bond acceptors (Lipinski definition) is 4. The summed E-state index contributed by atoms with van der Waals surface area (Å²) in [6.07, 6.45) is 2.17. The average Bonchev–Trinajstić information content (AvgIpc) is 2.53. The van der Waals surface area contributed by atoms with Crippen molar-refractivity contribution in [1.82, 2.24) is 5.32 Å². The van der Waals surface area contributed by atoms with Crippen molar-refractivity contribution in [2.45, 2.75) is 52.1 Å². The maximum absolute atomic E-state index is 12.3. The Morgan fingerprint density at radius 2 is 1.60 bits per heavy atom. The number of carbonyl (C=O) groups excluding carboxylic acids is 1. The molecular formula is C19H30FNO4. The fraction of sp³-hybridized carbons (Fsp3) is 0.632. The summed E-state index contributed by atoms with van der Waals surface area (Å²) in [5.74, 6) is 1.49. The third-order valence-corrected chi connectivity index (χ3v) is 3.58. The van der Waals surface area contributed by atoms with Crippen LogP contribution in [0.3, 0.4) is 0 Å². The molecule has 0 saturated heterocycles. The van der Waals surface area contributed by atoms with E-state index >= 15 is 0 Å². The van der Waals surface area contributed by atoms with Crippen LogP contribution < -0.4 is 14.8 Å². The fourth-order valence-electron chi connectivity index (χ4n) is 2.44. The van der Waals surface area contributed by atoms with Crippen LogP contribution in [0.4, 0.5) is 9.18 Å². The van der Waals surface area contributed by atoms with Crippen molar-refractivity contribution in [2.24, 2.45) is 0 Å². The van der Waals surface area contributed by atoms with Crippen molar-refractivity contribution < 1.29 is 23.4 Å². The highest BCUT2D eigenvalue weighted by Gasteiger charge is 2.16. The number of methoxy groups -OCH3 is 2. The molecule has 0 unspecified atom stereocenters. The van der Waals surface area contributed by atoms with Crippen LogP contribution in [0.1, 0.15) is 44.7 Å². The van der Waals surface area contributed by atoms with Crippen molar-refractivity contribution in [3.8, 4) is 11.5 Å². The molecule has 0 aromatic heterocycles. The first-order valence-electron chi connectivity index (χ1n) is 8.57. The number of rotatable bonds is 9. The van der Waals surface area contributed by atoms with Crippen LogP contribution in [-0.2, 0) is 17.6 Å². The lowest BCUT2D eigenvalue weighted by Gasteiger charge is -2.20. The van der Waals surface area contributed by atoms with Gasteiger partial charge in [-0.3, -0.25) is 4.39 Å². The van der Waals surface area contributed by atoms with Gasteiger partial charge >= 0.3 is 6.09 Å². The summed E-state index contributed by atoms with van der Waals surface area (Å²) in [6.45, 7) is 5.58. The van der Waals surface area contributed by atoms with Gasteiger partial charge in [-0.2, -0.15) is 0 Å². The second-order valence-electron chi connectivity index (χ2n) is 6.80. The van der Waals surface area contributed by atoms with E-state index in [1.165, 1.54) is 0 Å². The Labute approximate surface area is 149 Å². The minimum Gasteiger partial charge on any atom is -0.496 e. The van der Waals surface area contributed by atoms with Gasteiger partial charge in [-0.15, -0.1) is 0 Å².